The van der Waals surface area contributed by atoms with E-state index >= 15 is 0 Å². The van der Waals surface area contributed by atoms with Gasteiger partial charge in [-0.1, -0.05) is 32.0 Å². The smallest absolute Gasteiger partial charge is 0.0475 e. The van der Waals surface area contributed by atoms with Gasteiger partial charge >= 0.3 is 0 Å². The second kappa shape index (κ2) is 4.56. The molecular weight excluding hydrogens is 196 g/mol. The zero-order chi connectivity index (χ0) is 12.5. The van der Waals surface area contributed by atoms with Crippen molar-refractivity contribution >= 4 is 0 Å². The van der Waals surface area contributed by atoms with E-state index in [-0.39, 0.29) is 11.6 Å². The van der Waals surface area contributed by atoms with E-state index in [0.717, 1.165) is 0 Å². The van der Waals surface area contributed by atoms with Crippen LogP contribution >= 0.6 is 0 Å². The number of aryl methyl sites for hydroxylation is 1. The molecule has 0 saturated heterocycles. The molecule has 0 aromatic heterocycles. The first-order chi connectivity index (χ1) is 7.23. The van der Waals surface area contributed by atoms with E-state index in [1.807, 2.05) is 13.8 Å². The lowest BCUT2D eigenvalue weighted by atomic mass is 9.86. The van der Waals surface area contributed by atoms with Crippen LogP contribution in [0.4, 0.5) is 0 Å². The Labute approximate surface area is 99.0 Å². The van der Waals surface area contributed by atoms with Gasteiger partial charge < -0.3 is 11.5 Å². The second-order valence-electron chi connectivity index (χ2n) is 5.57. The Morgan fingerprint density at radius 1 is 1.19 bits per heavy atom. The number of rotatable bonds is 3. The second-order valence-corrected chi connectivity index (χ2v) is 5.57. The normalized spacial score (nSPS) is 14.2. The zero-order valence-electron chi connectivity index (χ0n) is 11.0. The average Bonchev–Trinajstić information content (AvgIpc) is 2.15. The maximum atomic E-state index is 6.22. The monoisotopic (exact) mass is 220 g/mol. The maximum absolute atomic E-state index is 6.22. The molecular formula is C14H24N2. The molecule has 0 aliphatic carbocycles. The van der Waals surface area contributed by atoms with Crippen molar-refractivity contribution in [1.82, 2.24) is 0 Å². The van der Waals surface area contributed by atoms with Crippen LogP contribution < -0.4 is 11.5 Å². The van der Waals surface area contributed by atoms with Gasteiger partial charge in [0, 0.05) is 11.6 Å². The molecule has 0 aliphatic heterocycles. The minimum Gasteiger partial charge on any atom is -0.324 e. The molecule has 0 saturated carbocycles. The summed E-state index contributed by atoms with van der Waals surface area (Å²) in [6, 6.07) is 6.38. The molecule has 0 heterocycles. The summed E-state index contributed by atoms with van der Waals surface area (Å²) < 4.78 is 0. The Morgan fingerprint density at radius 2 is 1.75 bits per heavy atom. The highest BCUT2D eigenvalue weighted by molar-refractivity contribution is 5.36. The summed E-state index contributed by atoms with van der Waals surface area (Å²) in [4.78, 5) is 0. The highest BCUT2D eigenvalue weighted by atomic mass is 14.8. The Morgan fingerprint density at radius 3 is 2.19 bits per heavy atom. The molecule has 1 unspecified atom stereocenters. The van der Waals surface area contributed by atoms with Crippen LogP contribution in [0.15, 0.2) is 18.2 Å². The van der Waals surface area contributed by atoms with Crippen LogP contribution in [0.2, 0.25) is 0 Å². The molecule has 0 amide bonds. The lowest BCUT2D eigenvalue weighted by molar-refractivity contribution is 0.419. The van der Waals surface area contributed by atoms with Crippen molar-refractivity contribution in [2.75, 3.05) is 0 Å². The summed E-state index contributed by atoms with van der Waals surface area (Å²) in [5, 5.41) is 0. The molecule has 1 aromatic rings. The summed E-state index contributed by atoms with van der Waals surface area (Å²) in [7, 11) is 0. The summed E-state index contributed by atoms with van der Waals surface area (Å²) >= 11 is 0. The maximum Gasteiger partial charge on any atom is 0.0475 e. The van der Waals surface area contributed by atoms with Gasteiger partial charge in [0.25, 0.3) is 0 Å². The van der Waals surface area contributed by atoms with Crippen LogP contribution in [0.25, 0.3) is 0 Å². The third kappa shape index (κ3) is 2.83. The van der Waals surface area contributed by atoms with E-state index in [1.165, 1.54) is 16.7 Å². The van der Waals surface area contributed by atoms with Gasteiger partial charge in [0.15, 0.2) is 0 Å². The van der Waals surface area contributed by atoms with Crippen molar-refractivity contribution < 1.29 is 0 Å². The fraction of sp³-hybridized carbons (Fsp3) is 0.571. The highest BCUT2D eigenvalue weighted by Crippen LogP contribution is 2.27. The van der Waals surface area contributed by atoms with E-state index in [0.29, 0.717) is 5.92 Å². The Bertz CT molecular complexity index is 361. The standard InChI is InChI=1S/C14H24N2/c1-9(2)11-7-6-10(3)12(8-11)13(15)14(4,5)16/h6-9,13H,15-16H2,1-5H3. The quantitative estimate of drug-likeness (QED) is 0.823. The van der Waals surface area contributed by atoms with Crippen LogP contribution in [0.1, 0.15) is 56.3 Å². The van der Waals surface area contributed by atoms with Gasteiger partial charge in [-0.05, 0) is 43.4 Å². The SMILES string of the molecule is Cc1ccc(C(C)C)cc1C(N)C(C)(C)N. The van der Waals surface area contributed by atoms with Gasteiger partial charge in [-0.2, -0.15) is 0 Å². The van der Waals surface area contributed by atoms with Crippen LogP contribution in [-0.2, 0) is 0 Å². The van der Waals surface area contributed by atoms with Crippen molar-refractivity contribution in [3.8, 4) is 0 Å². The van der Waals surface area contributed by atoms with Crippen LogP contribution in [0, 0.1) is 6.92 Å². The van der Waals surface area contributed by atoms with Crippen LogP contribution in [-0.4, -0.2) is 5.54 Å². The molecule has 0 radical (unpaired) electrons. The number of benzene rings is 1. The first-order valence-electron chi connectivity index (χ1n) is 5.88. The Balaban J connectivity index is 3.17. The van der Waals surface area contributed by atoms with Crippen molar-refractivity contribution in [3.63, 3.8) is 0 Å². The summed E-state index contributed by atoms with van der Waals surface area (Å²) in [6.45, 7) is 10.4. The predicted molar refractivity (Wildman–Crippen MR) is 70.5 cm³/mol. The summed E-state index contributed by atoms with van der Waals surface area (Å²) in [5.41, 5.74) is 15.6. The zero-order valence-corrected chi connectivity index (χ0v) is 11.0. The van der Waals surface area contributed by atoms with Gasteiger partial charge in [0.1, 0.15) is 0 Å². The molecule has 1 aromatic carbocycles. The largest absolute Gasteiger partial charge is 0.324 e. The molecule has 0 bridgehead atoms. The van der Waals surface area contributed by atoms with Gasteiger partial charge in [-0.15, -0.1) is 0 Å². The van der Waals surface area contributed by atoms with Gasteiger partial charge in [0.05, 0.1) is 0 Å². The lowest BCUT2D eigenvalue weighted by Gasteiger charge is -2.29. The molecule has 2 nitrogen and oxygen atoms in total. The minimum atomic E-state index is -0.389. The van der Waals surface area contributed by atoms with E-state index in [9.17, 15) is 0 Å². The minimum absolute atomic E-state index is 0.119. The predicted octanol–water partition coefficient (Wildman–Crippen LogP) is 2.86. The first kappa shape index (κ1) is 13.2. The molecule has 1 rings (SSSR count). The first-order valence-corrected chi connectivity index (χ1v) is 5.88. The molecule has 1 atom stereocenters. The summed E-state index contributed by atoms with van der Waals surface area (Å²) in [6.07, 6.45) is 0. The summed E-state index contributed by atoms with van der Waals surface area (Å²) in [5.74, 6) is 0.521. The third-order valence-electron chi connectivity index (χ3n) is 3.11. The molecule has 0 fully saturated rings. The van der Waals surface area contributed by atoms with Gasteiger partial charge in [0.2, 0.25) is 0 Å². The Hall–Kier alpha value is -0.860. The number of hydrogen-bond acceptors (Lipinski definition) is 2. The van der Waals surface area contributed by atoms with Crippen LogP contribution in [0.3, 0.4) is 0 Å². The molecule has 16 heavy (non-hydrogen) atoms. The van der Waals surface area contributed by atoms with Gasteiger partial charge in [-0.3, -0.25) is 0 Å². The van der Waals surface area contributed by atoms with Crippen LogP contribution in [0.5, 0.6) is 0 Å². The van der Waals surface area contributed by atoms with Crippen molar-refractivity contribution in [2.24, 2.45) is 11.5 Å². The van der Waals surface area contributed by atoms with Crippen molar-refractivity contribution in [2.45, 2.75) is 52.1 Å². The number of hydrogen-bond donors (Lipinski definition) is 2. The molecule has 90 valence electrons. The van der Waals surface area contributed by atoms with E-state index in [4.69, 9.17) is 11.5 Å². The average molecular weight is 220 g/mol. The van der Waals surface area contributed by atoms with Crippen molar-refractivity contribution in [1.29, 1.82) is 0 Å². The molecule has 0 spiro atoms. The van der Waals surface area contributed by atoms with E-state index in [2.05, 4.69) is 39.0 Å². The Kier molecular flexibility index (Phi) is 3.76. The molecule has 2 heteroatoms. The van der Waals surface area contributed by atoms with E-state index < -0.39 is 0 Å². The lowest BCUT2D eigenvalue weighted by Crippen LogP contribution is -2.44. The molecule has 4 N–H and O–H groups in total. The topological polar surface area (TPSA) is 52.0 Å². The third-order valence-corrected chi connectivity index (χ3v) is 3.11. The van der Waals surface area contributed by atoms with Crippen molar-refractivity contribution in [3.05, 3.63) is 34.9 Å². The van der Waals surface area contributed by atoms with Gasteiger partial charge in [-0.25, -0.2) is 0 Å². The molecule has 0 aliphatic rings. The fourth-order valence-corrected chi connectivity index (χ4v) is 1.75. The highest BCUT2D eigenvalue weighted by Gasteiger charge is 2.24. The fourth-order valence-electron chi connectivity index (χ4n) is 1.75. The van der Waals surface area contributed by atoms with E-state index in [1.54, 1.807) is 0 Å². The number of nitrogens with two attached hydrogens (primary N) is 2.